The predicted molar refractivity (Wildman–Crippen MR) is 118 cm³/mol. The number of aromatic nitrogens is 3. The Morgan fingerprint density at radius 1 is 1.31 bits per heavy atom. The number of nitrogens with one attached hydrogen (secondary N) is 1. The molecule has 1 aliphatic rings. The molecule has 1 unspecified atom stereocenters. The van der Waals surface area contributed by atoms with Gasteiger partial charge >= 0.3 is 0 Å². The maximum absolute atomic E-state index is 6.63. The van der Waals surface area contributed by atoms with Crippen molar-refractivity contribution in [1.29, 1.82) is 0 Å². The van der Waals surface area contributed by atoms with Crippen molar-refractivity contribution in [2.24, 2.45) is 12.5 Å². The molecular weight excluding hydrogens is 386 g/mol. The number of nitrogens with zero attached hydrogens (tertiary/aromatic N) is 4. The molecule has 0 aromatic carbocycles. The summed E-state index contributed by atoms with van der Waals surface area (Å²) in [6, 6.07) is 2.50. The van der Waals surface area contributed by atoms with E-state index in [1.807, 2.05) is 13.1 Å². The summed E-state index contributed by atoms with van der Waals surface area (Å²) >= 11 is 6.63. The highest BCUT2D eigenvalue weighted by atomic mass is 35.5. The first-order chi connectivity index (χ1) is 13.8. The molecule has 0 bridgehead atoms. The topological polar surface area (TPSA) is 59.1 Å². The molecular formula is C22H36ClN5O. The first kappa shape index (κ1) is 22.3. The van der Waals surface area contributed by atoms with Gasteiger partial charge in [0, 0.05) is 44.2 Å². The van der Waals surface area contributed by atoms with Crippen LogP contribution in [-0.4, -0.2) is 45.5 Å². The van der Waals surface area contributed by atoms with Gasteiger partial charge in [0.15, 0.2) is 0 Å². The Hall–Kier alpha value is -1.37. The molecule has 2 aromatic rings. The highest BCUT2D eigenvalue weighted by molar-refractivity contribution is 6.30. The molecule has 0 radical (unpaired) electrons. The van der Waals surface area contributed by atoms with Crippen molar-refractivity contribution in [3.63, 3.8) is 0 Å². The highest BCUT2D eigenvalue weighted by Crippen LogP contribution is 2.30. The number of halogens is 1. The monoisotopic (exact) mass is 421 g/mol. The maximum Gasteiger partial charge on any atom is 0.137 e. The van der Waals surface area contributed by atoms with Crippen molar-refractivity contribution in [3.05, 3.63) is 22.5 Å². The second-order valence-electron chi connectivity index (χ2n) is 9.47. The Kier molecular flexibility index (Phi) is 7.41. The molecule has 7 heteroatoms. The van der Waals surface area contributed by atoms with Crippen LogP contribution in [0.5, 0.6) is 0 Å². The Morgan fingerprint density at radius 2 is 2.10 bits per heavy atom. The number of aryl methyl sites for hydroxylation is 2. The van der Waals surface area contributed by atoms with Crippen LogP contribution in [0.25, 0.3) is 11.4 Å². The van der Waals surface area contributed by atoms with Crippen LogP contribution in [0, 0.1) is 5.41 Å². The molecule has 29 heavy (non-hydrogen) atoms. The lowest BCUT2D eigenvalue weighted by atomic mass is 9.92. The van der Waals surface area contributed by atoms with E-state index in [4.69, 9.17) is 16.1 Å². The molecule has 162 valence electrons. The smallest absolute Gasteiger partial charge is 0.137 e. The van der Waals surface area contributed by atoms with Gasteiger partial charge in [-0.3, -0.25) is 9.58 Å². The Balaban J connectivity index is 1.71. The molecule has 3 heterocycles. The van der Waals surface area contributed by atoms with Crippen molar-refractivity contribution in [2.45, 2.75) is 72.4 Å². The van der Waals surface area contributed by atoms with Crippen molar-refractivity contribution < 1.29 is 4.52 Å². The molecule has 2 aromatic heterocycles. The Morgan fingerprint density at radius 3 is 2.79 bits per heavy atom. The summed E-state index contributed by atoms with van der Waals surface area (Å²) < 4.78 is 7.14. The summed E-state index contributed by atoms with van der Waals surface area (Å²) in [7, 11) is 1.88. The van der Waals surface area contributed by atoms with E-state index in [1.54, 1.807) is 4.68 Å². The first-order valence-electron chi connectivity index (χ1n) is 10.9. The van der Waals surface area contributed by atoms with Crippen LogP contribution in [0.3, 0.4) is 0 Å². The third-order valence-corrected chi connectivity index (χ3v) is 6.14. The minimum atomic E-state index is 0.366. The zero-order valence-electron chi connectivity index (χ0n) is 18.6. The van der Waals surface area contributed by atoms with Crippen LogP contribution < -0.4 is 5.32 Å². The maximum atomic E-state index is 6.63. The highest BCUT2D eigenvalue weighted by Gasteiger charge is 2.24. The van der Waals surface area contributed by atoms with Crippen LogP contribution in [-0.2, 0) is 20.0 Å². The number of likely N-dealkylation sites (tertiary alicyclic amines) is 1. The minimum Gasteiger partial charge on any atom is -0.361 e. The predicted octanol–water partition coefficient (Wildman–Crippen LogP) is 4.67. The van der Waals surface area contributed by atoms with Crippen LogP contribution in [0.15, 0.2) is 10.6 Å². The lowest BCUT2D eigenvalue weighted by Crippen LogP contribution is -2.40. The molecule has 0 spiro atoms. The van der Waals surface area contributed by atoms with Crippen molar-refractivity contribution in [3.8, 4) is 11.4 Å². The van der Waals surface area contributed by atoms with Gasteiger partial charge in [-0.2, -0.15) is 5.10 Å². The van der Waals surface area contributed by atoms with E-state index in [0.717, 1.165) is 55.3 Å². The van der Waals surface area contributed by atoms with Gasteiger partial charge in [-0.25, -0.2) is 0 Å². The average Bonchev–Trinajstić information content (AvgIpc) is 3.15. The van der Waals surface area contributed by atoms with E-state index in [1.165, 1.54) is 25.7 Å². The van der Waals surface area contributed by atoms with Crippen molar-refractivity contribution >= 4 is 11.6 Å². The lowest BCUT2D eigenvalue weighted by Gasteiger charge is -2.26. The van der Waals surface area contributed by atoms with E-state index >= 15 is 0 Å². The fraction of sp³-hybridized carbons (Fsp3) is 0.727. The third kappa shape index (κ3) is 6.06. The molecule has 1 fully saturated rings. The number of rotatable bonds is 7. The lowest BCUT2D eigenvalue weighted by molar-refractivity contribution is 0.246. The molecule has 6 nitrogen and oxygen atoms in total. The van der Waals surface area contributed by atoms with Crippen molar-refractivity contribution in [1.82, 2.24) is 25.2 Å². The summed E-state index contributed by atoms with van der Waals surface area (Å²) in [5.74, 6) is 0.866. The van der Waals surface area contributed by atoms with Gasteiger partial charge in [-0.15, -0.1) is 0 Å². The normalized spacial score (nSPS) is 18.9. The Labute approximate surface area is 180 Å². The molecule has 1 N–H and O–H groups in total. The van der Waals surface area contributed by atoms with Gasteiger partial charge in [-0.1, -0.05) is 50.9 Å². The van der Waals surface area contributed by atoms with Gasteiger partial charge in [0.25, 0.3) is 0 Å². The molecule has 0 amide bonds. The largest absolute Gasteiger partial charge is 0.361 e. The average molecular weight is 422 g/mol. The zero-order valence-corrected chi connectivity index (χ0v) is 19.3. The van der Waals surface area contributed by atoms with Gasteiger partial charge in [-0.05, 0) is 37.8 Å². The summed E-state index contributed by atoms with van der Waals surface area (Å²) in [6.45, 7) is 12.9. The van der Waals surface area contributed by atoms with Crippen LogP contribution in [0.1, 0.15) is 64.7 Å². The fourth-order valence-corrected chi connectivity index (χ4v) is 4.08. The molecule has 1 aliphatic heterocycles. The number of hydrogen-bond donors (Lipinski definition) is 1. The van der Waals surface area contributed by atoms with Gasteiger partial charge in [0.05, 0.1) is 0 Å². The quantitative estimate of drug-likeness (QED) is 0.703. The van der Waals surface area contributed by atoms with E-state index in [-0.39, 0.29) is 0 Å². The fourth-order valence-electron chi connectivity index (χ4n) is 3.89. The van der Waals surface area contributed by atoms with E-state index in [2.05, 4.69) is 48.2 Å². The third-order valence-electron chi connectivity index (χ3n) is 5.66. The summed E-state index contributed by atoms with van der Waals surface area (Å²) in [5, 5.41) is 13.3. The standard InChI is InChI=1S/C22H36ClN5O/c1-6-17-13-19(26-29-17)20-18(21(23)27(5)25-20)15-28-12-8-7-9-16(14-28)24-11-10-22(2,3)4/h13,16,24H,6-12,14-15H2,1-5H3. The summed E-state index contributed by atoms with van der Waals surface area (Å²) in [5.41, 5.74) is 3.02. The van der Waals surface area contributed by atoms with E-state index in [9.17, 15) is 0 Å². The van der Waals surface area contributed by atoms with Crippen LogP contribution in [0.2, 0.25) is 5.15 Å². The molecule has 1 atom stereocenters. The van der Waals surface area contributed by atoms with Gasteiger partial charge in [0.2, 0.25) is 0 Å². The second-order valence-corrected chi connectivity index (χ2v) is 9.82. The molecule has 1 saturated heterocycles. The molecule has 3 rings (SSSR count). The minimum absolute atomic E-state index is 0.366. The molecule has 0 saturated carbocycles. The van der Waals surface area contributed by atoms with E-state index in [0.29, 0.717) is 16.6 Å². The first-order valence-corrected chi connectivity index (χ1v) is 11.3. The van der Waals surface area contributed by atoms with Gasteiger partial charge < -0.3 is 9.84 Å². The van der Waals surface area contributed by atoms with Crippen LogP contribution >= 0.6 is 11.6 Å². The van der Waals surface area contributed by atoms with Crippen LogP contribution in [0.4, 0.5) is 0 Å². The number of hydrogen-bond acceptors (Lipinski definition) is 5. The van der Waals surface area contributed by atoms with Crippen molar-refractivity contribution in [2.75, 3.05) is 19.6 Å². The Bertz CT molecular complexity index is 792. The second kappa shape index (κ2) is 9.63. The summed E-state index contributed by atoms with van der Waals surface area (Å²) in [6.07, 6.45) is 5.72. The molecule has 0 aliphatic carbocycles. The zero-order chi connectivity index (χ0) is 21.0. The SMILES string of the molecule is CCc1cc(-c2nn(C)c(Cl)c2CN2CCCCC(NCCC(C)(C)C)C2)no1. The van der Waals surface area contributed by atoms with Gasteiger partial charge in [0.1, 0.15) is 22.3 Å². The summed E-state index contributed by atoms with van der Waals surface area (Å²) in [4.78, 5) is 2.51. The van der Waals surface area contributed by atoms with E-state index < -0.39 is 0 Å².